The van der Waals surface area contributed by atoms with Crippen molar-refractivity contribution in [2.24, 2.45) is 0 Å². The minimum Gasteiger partial charge on any atom is -0.396 e. The molecule has 3 heterocycles. The largest absolute Gasteiger partial charge is 0.396 e. The third kappa shape index (κ3) is 5.73. The molecule has 2 aromatic carbocycles. The minimum absolute atomic E-state index is 0.0190. The number of halogens is 1. The molecule has 3 N–H and O–H groups in total. The normalized spacial score (nSPS) is 12.7. The van der Waals surface area contributed by atoms with Crippen LogP contribution in [0.1, 0.15) is 60.8 Å². The Balaban J connectivity index is 1.60. The van der Waals surface area contributed by atoms with Crippen molar-refractivity contribution in [3.05, 3.63) is 107 Å². The second kappa shape index (κ2) is 12.1. The maximum absolute atomic E-state index is 9.97. The van der Waals surface area contributed by atoms with Crippen LogP contribution in [0.15, 0.2) is 79.4 Å². The van der Waals surface area contributed by atoms with E-state index in [9.17, 15) is 10.4 Å². The van der Waals surface area contributed by atoms with E-state index in [1.807, 2.05) is 79.3 Å². The summed E-state index contributed by atoms with van der Waals surface area (Å²) in [5.41, 5.74) is 4.89. The fourth-order valence-corrected chi connectivity index (χ4v) is 4.88. The number of benzene rings is 2. The summed E-state index contributed by atoms with van der Waals surface area (Å²) in [6.45, 7) is 4.07. The van der Waals surface area contributed by atoms with Crippen LogP contribution in [0.2, 0.25) is 5.02 Å². The van der Waals surface area contributed by atoms with E-state index in [0.29, 0.717) is 39.3 Å². The van der Waals surface area contributed by atoms with Crippen molar-refractivity contribution in [1.82, 2.24) is 25.0 Å². The molecular weight excluding hydrogens is 524 g/mol. The van der Waals surface area contributed by atoms with Crippen molar-refractivity contribution < 1.29 is 5.11 Å². The summed E-state index contributed by atoms with van der Waals surface area (Å²) in [6, 6.07) is 19.2. The molecule has 0 aliphatic rings. The van der Waals surface area contributed by atoms with Crippen LogP contribution < -0.4 is 10.6 Å². The Kier molecular flexibility index (Phi) is 8.20. The first-order valence-corrected chi connectivity index (χ1v) is 13.4. The van der Waals surface area contributed by atoms with Crippen LogP contribution in [0.5, 0.6) is 0 Å². The molecule has 202 valence electrons. The standard InChI is InChI=1S/C30H29ClN8O/c1-19(2)39-18-27(37-38-39)29(21-9-6-11-33-16-21)35-23-13-24-28(22(15-32)17-34-30(24)25(31)14-23)36-26(10-12-40)20-7-4-3-5-8-20/h3-9,11,13-14,16-19,26,29,35,40H,10,12H2,1-2H3,(H,34,36)/t26-,29+/m1/s1. The van der Waals surface area contributed by atoms with Gasteiger partial charge in [0.15, 0.2) is 0 Å². The molecule has 10 heteroatoms. The van der Waals surface area contributed by atoms with Gasteiger partial charge < -0.3 is 15.7 Å². The lowest BCUT2D eigenvalue weighted by Crippen LogP contribution is -2.15. The number of aliphatic hydroxyl groups is 1. The molecule has 2 atom stereocenters. The van der Waals surface area contributed by atoms with Crippen LogP contribution in [-0.4, -0.2) is 36.7 Å². The molecule has 0 aliphatic carbocycles. The second-order valence-corrected chi connectivity index (χ2v) is 10.1. The average Bonchev–Trinajstić information content (AvgIpc) is 3.47. The fourth-order valence-electron chi connectivity index (χ4n) is 4.61. The van der Waals surface area contributed by atoms with E-state index in [2.05, 4.69) is 37.0 Å². The molecule has 0 saturated heterocycles. The molecule has 0 fully saturated rings. The molecule has 3 aromatic heterocycles. The highest BCUT2D eigenvalue weighted by Crippen LogP contribution is 2.37. The van der Waals surface area contributed by atoms with Crippen LogP contribution in [0, 0.1) is 11.3 Å². The number of nitrogens with zero attached hydrogens (tertiary/aromatic N) is 6. The number of hydrogen-bond acceptors (Lipinski definition) is 8. The van der Waals surface area contributed by atoms with Crippen molar-refractivity contribution in [3.63, 3.8) is 0 Å². The summed E-state index contributed by atoms with van der Waals surface area (Å²) in [6.07, 6.45) is 7.41. The van der Waals surface area contributed by atoms with E-state index in [-0.39, 0.29) is 24.7 Å². The quantitative estimate of drug-likeness (QED) is 0.191. The zero-order valence-electron chi connectivity index (χ0n) is 22.2. The van der Waals surface area contributed by atoms with Crippen LogP contribution >= 0.6 is 11.6 Å². The number of rotatable bonds is 10. The van der Waals surface area contributed by atoms with E-state index >= 15 is 0 Å². The molecule has 0 unspecified atom stereocenters. The SMILES string of the molecule is CC(C)n1cc([C@@H](Nc2cc(Cl)c3ncc(C#N)c(N[C@H](CCO)c4ccccc4)c3c2)c2cccnc2)nn1. The highest BCUT2D eigenvalue weighted by molar-refractivity contribution is 6.35. The summed E-state index contributed by atoms with van der Waals surface area (Å²) in [4.78, 5) is 8.79. The molecule has 5 rings (SSSR count). The van der Waals surface area contributed by atoms with Crippen LogP contribution in [0.3, 0.4) is 0 Å². The van der Waals surface area contributed by atoms with Gasteiger partial charge in [-0.1, -0.05) is 53.2 Å². The van der Waals surface area contributed by atoms with E-state index in [1.54, 1.807) is 12.4 Å². The number of anilines is 2. The summed E-state index contributed by atoms with van der Waals surface area (Å²) >= 11 is 6.77. The maximum atomic E-state index is 9.97. The molecular formula is C30H29ClN8O. The summed E-state index contributed by atoms with van der Waals surface area (Å²) < 4.78 is 1.81. The Labute approximate surface area is 237 Å². The topological polar surface area (TPSA) is 125 Å². The molecule has 0 spiro atoms. The predicted octanol–water partition coefficient (Wildman–Crippen LogP) is 6.06. The van der Waals surface area contributed by atoms with Crippen molar-refractivity contribution in [3.8, 4) is 6.07 Å². The van der Waals surface area contributed by atoms with Crippen molar-refractivity contribution in [1.29, 1.82) is 5.26 Å². The molecule has 0 bridgehead atoms. The van der Waals surface area contributed by atoms with Gasteiger partial charge in [-0.3, -0.25) is 9.97 Å². The van der Waals surface area contributed by atoms with Gasteiger partial charge in [-0.05, 0) is 49.6 Å². The van der Waals surface area contributed by atoms with Gasteiger partial charge >= 0.3 is 0 Å². The Bertz CT molecular complexity index is 1630. The van der Waals surface area contributed by atoms with Crippen LogP contribution in [0.4, 0.5) is 11.4 Å². The highest BCUT2D eigenvalue weighted by Gasteiger charge is 2.22. The summed E-state index contributed by atoms with van der Waals surface area (Å²) in [7, 11) is 0. The van der Waals surface area contributed by atoms with E-state index in [1.165, 1.54) is 6.20 Å². The van der Waals surface area contributed by atoms with Gasteiger partial charge in [-0.25, -0.2) is 4.68 Å². The monoisotopic (exact) mass is 552 g/mol. The highest BCUT2D eigenvalue weighted by atomic mass is 35.5. The van der Waals surface area contributed by atoms with Crippen molar-refractivity contribution in [2.45, 2.75) is 38.4 Å². The number of aromatic nitrogens is 5. The summed E-state index contributed by atoms with van der Waals surface area (Å²) in [5.74, 6) is 0. The lowest BCUT2D eigenvalue weighted by atomic mass is 10.0. The number of nitriles is 1. The Morgan fingerprint density at radius 1 is 1.05 bits per heavy atom. The van der Waals surface area contributed by atoms with Gasteiger partial charge in [0.25, 0.3) is 0 Å². The van der Waals surface area contributed by atoms with Crippen molar-refractivity contribution >= 4 is 33.9 Å². The molecule has 0 radical (unpaired) electrons. The molecule has 0 aliphatic heterocycles. The third-order valence-electron chi connectivity index (χ3n) is 6.67. The van der Waals surface area contributed by atoms with Gasteiger partial charge in [0, 0.05) is 42.3 Å². The molecule has 0 saturated carbocycles. The molecule has 5 aromatic rings. The first-order valence-electron chi connectivity index (χ1n) is 13.0. The van der Waals surface area contributed by atoms with Crippen molar-refractivity contribution in [2.75, 3.05) is 17.2 Å². The predicted molar refractivity (Wildman–Crippen MR) is 156 cm³/mol. The van der Waals surface area contributed by atoms with E-state index in [0.717, 1.165) is 16.8 Å². The zero-order valence-corrected chi connectivity index (χ0v) is 22.9. The number of fused-ring (bicyclic) bond motifs is 1. The van der Waals surface area contributed by atoms with Gasteiger partial charge in [0.05, 0.1) is 40.1 Å². The number of aliphatic hydroxyl groups excluding tert-OH is 1. The minimum atomic E-state index is -0.357. The number of hydrogen-bond donors (Lipinski definition) is 3. The zero-order chi connectivity index (χ0) is 28.1. The van der Waals surface area contributed by atoms with Crippen LogP contribution in [0.25, 0.3) is 10.9 Å². The van der Waals surface area contributed by atoms with E-state index in [4.69, 9.17) is 11.6 Å². The van der Waals surface area contributed by atoms with Gasteiger partial charge in [0.2, 0.25) is 0 Å². The lowest BCUT2D eigenvalue weighted by molar-refractivity contribution is 0.280. The average molecular weight is 553 g/mol. The second-order valence-electron chi connectivity index (χ2n) is 9.71. The molecule has 40 heavy (non-hydrogen) atoms. The summed E-state index contributed by atoms with van der Waals surface area (Å²) in [5, 5.41) is 36.6. The fraction of sp³-hybridized carbons (Fsp3) is 0.233. The van der Waals surface area contributed by atoms with Gasteiger partial charge in [0.1, 0.15) is 11.8 Å². The first-order chi connectivity index (χ1) is 19.5. The Morgan fingerprint density at radius 3 is 2.52 bits per heavy atom. The van der Waals surface area contributed by atoms with Gasteiger partial charge in [-0.15, -0.1) is 5.10 Å². The number of nitrogens with one attached hydrogen (secondary N) is 2. The third-order valence-corrected chi connectivity index (χ3v) is 6.95. The van der Waals surface area contributed by atoms with Crippen LogP contribution in [-0.2, 0) is 0 Å². The van der Waals surface area contributed by atoms with Gasteiger partial charge in [-0.2, -0.15) is 5.26 Å². The lowest BCUT2D eigenvalue weighted by Gasteiger charge is -2.23. The molecule has 9 nitrogen and oxygen atoms in total. The van der Waals surface area contributed by atoms with E-state index < -0.39 is 0 Å². The maximum Gasteiger partial charge on any atom is 0.110 e. The Hall–Kier alpha value is -4.52. The first kappa shape index (κ1) is 27.1. The molecule has 0 amide bonds. The number of pyridine rings is 2. The Morgan fingerprint density at radius 2 is 1.85 bits per heavy atom. The smallest absolute Gasteiger partial charge is 0.110 e.